The van der Waals surface area contributed by atoms with E-state index >= 15 is 0 Å². The molecular formula is C4H2ClF3O. The fourth-order valence-corrected chi connectivity index (χ4v) is 0.206. The number of hydrogen-bond acceptors (Lipinski definition) is 1. The second kappa shape index (κ2) is 2.90. The summed E-state index contributed by atoms with van der Waals surface area (Å²) < 4.78 is 33.9. The second-order valence-electron chi connectivity index (χ2n) is 1.23. The number of halogens is 4. The molecule has 0 amide bonds. The van der Waals surface area contributed by atoms with Crippen LogP contribution in [-0.4, -0.2) is 17.5 Å². The Morgan fingerprint density at radius 3 is 2.11 bits per heavy atom. The second-order valence-corrected chi connectivity index (χ2v) is 1.70. The van der Waals surface area contributed by atoms with Gasteiger partial charge in [-0.05, 0) is 0 Å². The molecule has 1 unspecified atom stereocenters. The molecule has 0 aliphatic heterocycles. The van der Waals surface area contributed by atoms with Gasteiger partial charge < -0.3 is 0 Å². The molecule has 5 heteroatoms. The summed E-state index contributed by atoms with van der Waals surface area (Å²) in [4.78, 5) is 9.30. The first-order valence-corrected chi connectivity index (χ1v) is 2.34. The van der Waals surface area contributed by atoms with Gasteiger partial charge in [0, 0.05) is 6.08 Å². The zero-order valence-corrected chi connectivity index (χ0v) is 4.83. The summed E-state index contributed by atoms with van der Waals surface area (Å²) in [6.45, 7) is 0. The van der Waals surface area contributed by atoms with Crippen molar-refractivity contribution >= 4 is 17.5 Å². The summed E-state index contributed by atoms with van der Waals surface area (Å²) in [7, 11) is 0. The van der Waals surface area contributed by atoms with Crippen LogP contribution in [0.1, 0.15) is 0 Å². The molecule has 0 aliphatic carbocycles. The van der Waals surface area contributed by atoms with Crippen LogP contribution in [0.25, 0.3) is 0 Å². The lowest BCUT2D eigenvalue weighted by Gasteiger charge is -2.05. The van der Waals surface area contributed by atoms with Crippen LogP contribution in [0, 0.1) is 0 Å². The van der Waals surface area contributed by atoms with Gasteiger partial charge in [0.2, 0.25) is 0 Å². The first kappa shape index (κ1) is 8.53. The lowest BCUT2D eigenvalue weighted by atomic mass is 10.4. The van der Waals surface area contributed by atoms with Crippen LogP contribution in [0.2, 0.25) is 0 Å². The van der Waals surface area contributed by atoms with Crippen molar-refractivity contribution in [3.63, 3.8) is 0 Å². The van der Waals surface area contributed by atoms with Crippen molar-refractivity contribution in [2.75, 3.05) is 0 Å². The predicted octanol–water partition coefficient (Wildman–Crippen LogP) is 1.54. The average Bonchev–Trinajstić information content (AvgIpc) is 1.64. The van der Waals surface area contributed by atoms with Crippen molar-refractivity contribution in [2.45, 2.75) is 11.6 Å². The molecule has 0 aromatic heterocycles. The highest BCUT2D eigenvalue weighted by Gasteiger charge is 2.36. The quantitative estimate of drug-likeness (QED) is 0.418. The zero-order valence-electron chi connectivity index (χ0n) is 4.07. The molecule has 1 nitrogen and oxygen atoms in total. The van der Waals surface area contributed by atoms with E-state index in [4.69, 9.17) is 0 Å². The molecule has 0 spiro atoms. The zero-order chi connectivity index (χ0) is 7.49. The van der Waals surface area contributed by atoms with Gasteiger partial charge >= 0.3 is 6.18 Å². The van der Waals surface area contributed by atoms with Crippen molar-refractivity contribution in [2.24, 2.45) is 0 Å². The molecule has 0 aromatic rings. The van der Waals surface area contributed by atoms with Crippen LogP contribution in [0.3, 0.4) is 0 Å². The summed E-state index contributed by atoms with van der Waals surface area (Å²) in [6.07, 6.45) is -4.33. The van der Waals surface area contributed by atoms with Crippen LogP contribution in [0.4, 0.5) is 13.2 Å². The molecule has 9 heavy (non-hydrogen) atoms. The van der Waals surface area contributed by atoms with Crippen LogP contribution in [-0.2, 0) is 4.79 Å². The molecular weight excluding hydrogens is 156 g/mol. The minimum Gasteiger partial charge on any atom is -0.234 e. The maximum Gasteiger partial charge on any atom is 0.409 e. The predicted molar refractivity (Wildman–Crippen MR) is 26.0 cm³/mol. The maximum atomic E-state index is 11.3. The average molecular weight is 159 g/mol. The van der Waals surface area contributed by atoms with Crippen LogP contribution in [0.15, 0.2) is 6.08 Å². The van der Waals surface area contributed by atoms with E-state index in [0.717, 1.165) is 5.94 Å². The van der Waals surface area contributed by atoms with E-state index in [1.165, 1.54) is 0 Å². The summed E-state index contributed by atoms with van der Waals surface area (Å²) >= 11 is 4.61. The minimum atomic E-state index is -4.54. The van der Waals surface area contributed by atoms with Crippen molar-refractivity contribution in [1.29, 1.82) is 0 Å². The smallest absolute Gasteiger partial charge is 0.234 e. The van der Waals surface area contributed by atoms with Gasteiger partial charge in [-0.15, -0.1) is 11.6 Å². The minimum absolute atomic E-state index is 0.210. The number of rotatable bonds is 1. The Morgan fingerprint density at radius 2 is 2.00 bits per heavy atom. The number of allylic oxidation sites excluding steroid dienone is 1. The molecule has 0 aliphatic rings. The molecule has 0 saturated heterocycles. The van der Waals surface area contributed by atoms with E-state index in [0.29, 0.717) is 0 Å². The standard InChI is InChI=1S/C4H2ClF3O/c5-3(1-2-9)4(6,7)8/h1,3H. The molecule has 0 fully saturated rings. The van der Waals surface area contributed by atoms with E-state index in [1.54, 1.807) is 0 Å². The highest BCUT2D eigenvalue weighted by atomic mass is 35.5. The number of alkyl halides is 4. The van der Waals surface area contributed by atoms with Crippen LogP contribution in [0.5, 0.6) is 0 Å². The van der Waals surface area contributed by atoms with Crippen molar-refractivity contribution < 1.29 is 18.0 Å². The van der Waals surface area contributed by atoms with E-state index < -0.39 is 11.6 Å². The van der Waals surface area contributed by atoms with Gasteiger partial charge in [-0.1, -0.05) is 0 Å². The Bertz CT molecular complexity index is 135. The van der Waals surface area contributed by atoms with Gasteiger partial charge in [0.15, 0.2) is 5.38 Å². The van der Waals surface area contributed by atoms with Gasteiger partial charge in [-0.2, -0.15) is 13.2 Å². The molecule has 0 rings (SSSR count). The van der Waals surface area contributed by atoms with Gasteiger partial charge in [0.05, 0.1) is 0 Å². The van der Waals surface area contributed by atoms with Crippen LogP contribution < -0.4 is 0 Å². The van der Waals surface area contributed by atoms with Gasteiger partial charge in [0.1, 0.15) is 5.94 Å². The third-order valence-electron chi connectivity index (χ3n) is 0.527. The molecule has 0 aromatic carbocycles. The van der Waals surface area contributed by atoms with E-state index in [-0.39, 0.29) is 6.08 Å². The molecule has 0 heterocycles. The monoisotopic (exact) mass is 158 g/mol. The summed E-state index contributed by atoms with van der Waals surface area (Å²) in [5, 5.41) is -2.21. The Hall–Kier alpha value is -0.470. The van der Waals surface area contributed by atoms with E-state index in [9.17, 15) is 18.0 Å². The topological polar surface area (TPSA) is 17.1 Å². The summed E-state index contributed by atoms with van der Waals surface area (Å²) in [5.74, 6) is 0.947. The van der Waals surface area contributed by atoms with Crippen molar-refractivity contribution in [3.05, 3.63) is 6.08 Å². The normalized spacial score (nSPS) is 14.2. The summed E-state index contributed by atoms with van der Waals surface area (Å²) in [6, 6.07) is 0. The van der Waals surface area contributed by atoms with Gasteiger partial charge in [0.25, 0.3) is 0 Å². The van der Waals surface area contributed by atoms with E-state index in [2.05, 4.69) is 11.6 Å². The third-order valence-corrected chi connectivity index (χ3v) is 0.900. The van der Waals surface area contributed by atoms with Crippen molar-refractivity contribution in [3.8, 4) is 0 Å². The lowest BCUT2D eigenvalue weighted by Crippen LogP contribution is -2.20. The maximum absolute atomic E-state index is 11.3. The molecule has 0 radical (unpaired) electrons. The molecule has 52 valence electrons. The lowest BCUT2D eigenvalue weighted by molar-refractivity contribution is -0.121. The Labute approximate surface area is 54.1 Å². The van der Waals surface area contributed by atoms with Gasteiger partial charge in [-0.3, -0.25) is 0 Å². The van der Waals surface area contributed by atoms with Crippen molar-refractivity contribution in [1.82, 2.24) is 0 Å². The SMILES string of the molecule is O=C=CC(Cl)C(F)(F)F. The number of hydrogen-bond donors (Lipinski definition) is 0. The highest BCUT2D eigenvalue weighted by molar-refractivity contribution is 6.22. The Balaban J connectivity index is 4.03. The Kier molecular flexibility index (Phi) is 2.74. The van der Waals surface area contributed by atoms with Crippen LogP contribution >= 0.6 is 11.6 Å². The fourth-order valence-electron chi connectivity index (χ4n) is 0.154. The summed E-state index contributed by atoms with van der Waals surface area (Å²) in [5.41, 5.74) is 0. The first-order valence-electron chi connectivity index (χ1n) is 1.90. The first-order chi connectivity index (χ1) is 3.98. The third kappa shape index (κ3) is 3.16. The Morgan fingerprint density at radius 1 is 1.56 bits per heavy atom. The van der Waals surface area contributed by atoms with E-state index in [1.807, 2.05) is 0 Å². The molecule has 0 saturated carbocycles. The molecule has 0 bridgehead atoms. The number of carbonyl (C=O) groups excluding carboxylic acids is 1. The molecule has 1 atom stereocenters. The largest absolute Gasteiger partial charge is 0.409 e. The van der Waals surface area contributed by atoms with Gasteiger partial charge in [-0.25, -0.2) is 4.79 Å². The molecule has 0 N–H and O–H groups in total. The fraction of sp³-hybridized carbons (Fsp3) is 0.500. The highest BCUT2D eigenvalue weighted by Crippen LogP contribution is 2.24.